The van der Waals surface area contributed by atoms with Crippen LogP contribution in [0.15, 0.2) is 35.1 Å². The smallest absolute Gasteiger partial charge is 0.319 e. The first-order valence-corrected chi connectivity index (χ1v) is 9.52. The van der Waals surface area contributed by atoms with Crippen LogP contribution in [0, 0.1) is 12.8 Å². The molecule has 0 radical (unpaired) electrons. The van der Waals surface area contributed by atoms with Crippen molar-refractivity contribution < 1.29 is 9.59 Å². The molecule has 3 amide bonds. The first-order chi connectivity index (χ1) is 13.5. The van der Waals surface area contributed by atoms with E-state index in [-0.39, 0.29) is 23.4 Å². The zero-order valence-corrected chi connectivity index (χ0v) is 15.9. The number of H-pyrrole nitrogens is 1. The largest absolute Gasteiger partial charge is 0.337 e. The van der Waals surface area contributed by atoms with Crippen molar-refractivity contribution in [2.24, 2.45) is 5.92 Å². The molecule has 3 rings (SSSR count). The summed E-state index contributed by atoms with van der Waals surface area (Å²) in [6.07, 6.45) is 4.54. The first kappa shape index (κ1) is 19.6. The fourth-order valence-corrected chi connectivity index (χ4v) is 3.36. The zero-order valence-electron chi connectivity index (χ0n) is 15.9. The van der Waals surface area contributed by atoms with Gasteiger partial charge in [-0.05, 0) is 38.0 Å². The number of urea groups is 1. The van der Waals surface area contributed by atoms with Gasteiger partial charge in [0.25, 0.3) is 5.56 Å². The molecule has 1 aromatic carbocycles. The highest BCUT2D eigenvalue weighted by Crippen LogP contribution is 2.26. The van der Waals surface area contributed by atoms with Crippen LogP contribution >= 0.6 is 0 Å². The summed E-state index contributed by atoms with van der Waals surface area (Å²) in [6, 6.07) is 8.13. The lowest BCUT2D eigenvalue weighted by Gasteiger charge is -2.12. The summed E-state index contributed by atoms with van der Waals surface area (Å²) >= 11 is 0. The quantitative estimate of drug-likeness (QED) is 0.613. The van der Waals surface area contributed by atoms with Crippen LogP contribution in [0.25, 0.3) is 0 Å². The minimum absolute atomic E-state index is 0.0414. The van der Waals surface area contributed by atoms with Gasteiger partial charge in [0.1, 0.15) is 5.82 Å². The summed E-state index contributed by atoms with van der Waals surface area (Å²) in [5.74, 6) is 0.672. The molecule has 1 fully saturated rings. The average molecular weight is 383 g/mol. The Bertz CT molecular complexity index is 903. The molecule has 8 heteroatoms. The molecule has 8 nitrogen and oxygen atoms in total. The molecule has 1 aliphatic rings. The Hall–Kier alpha value is -3.16. The summed E-state index contributed by atoms with van der Waals surface area (Å²) in [5, 5.41) is 8.40. The maximum atomic E-state index is 12.2. The minimum atomic E-state index is -0.360. The number of aromatic amines is 1. The van der Waals surface area contributed by atoms with Gasteiger partial charge >= 0.3 is 6.03 Å². The molecule has 4 N–H and O–H groups in total. The summed E-state index contributed by atoms with van der Waals surface area (Å²) in [6.45, 7) is 2.06. The molecule has 2 aromatic rings. The predicted molar refractivity (Wildman–Crippen MR) is 107 cm³/mol. The van der Waals surface area contributed by atoms with E-state index >= 15 is 0 Å². The highest BCUT2D eigenvalue weighted by molar-refractivity contribution is 5.94. The Morgan fingerprint density at radius 1 is 1.14 bits per heavy atom. The minimum Gasteiger partial charge on any atom is -0.337 e. The Kier molecular flexibility index (Phi) is 6.41. The number of carbonyl (C=O) groups is 2. The van der Waals surface area contributed by atoms with Gasteiger partial charge in [0.15, 0.2) is 0 Å². The van der Waals surface area contributed by atoms with E-state index in [1.54, 1.807) is 31.2 Å². The lowest BCUT2D eigenvalue weighted by molar-refractivity contribution is -0.119. The van der Waals surface area contributed by atoms with Crippen LogP contribution in [0.4, 0.5) is 16.2 Å². The maximum Gasteiger partial charge on any atom is 0.319 e. The Morgan fingerprint density at radius 3 is 2.57 bits per heavy atom. The third-order valence-corrected chi connectivity index (χ3v) is 4.69. The number of aryl methyl sites for hydroxylation is 1. The molecule has 0 spiro atoms. The van der Waals surface area contributed by atoms with Crippen LogP contribution in [-0.2, 0) is 11.2 Å². The topological polar surface area (TPSA) is 116 Å². The van der Waals surface area contributed by atoms with Crippen LogP contribution in [-0.4, -0.2) is 28.5 Å². The average Bonchev–Trinajstić information content (AvgIpc) is 3.16. The molecular formula is C20H25N5O3. The van der Waals surface area contributed by atoms with Crippen molar-refractivity contribution in [3.8, 4) is 0 Å². The van der Waals surface area contributed by atoms with E-state index in [1.807, 2.05) is 0 Å². The van der Waals surface area contributed by atoms with Gasteiger partial charge in [-0.1, -0.05) is 18.9 Å². The van der Waals surface area contributed by atoms with Gasteiger partial charge in [0.2, 0.25) is 5.91 Å². The summed E-state index contributed by atoms with van der Waals surface area (Å²) in [5.41, 5.74) is 1.67. The standard InChI is InChI=1S/C20H25N5O3/c1-13-22-17(12-18(26)23-13)9-10-21-20(28)25-16-8-4-7-15(11-16)24-19(27)14-5-2-3-6-14/h4,7-8,11-12,14H,2-3,5-6,9-10H2,1H3,(H,24,27)(H2,21,25,28)(H,22,23,26). The van der Waals surface area contributed by atoms with E-state index in [0.29, 0.717) is 35.9 Å². The molecule has 0 bridgehead atoms. The second kappa shape index (κ2) is 9.16. The van der Waals surface area contributed by atoms with Crippen molar-refractivity contribution in [2.75, 3.05) is 17.2 Å². The molecule has 28 heavy (non-hydrogen) atoms. The highest BCUT2D eigenvalue weighted by atomic mass is 16.2. The molecule has 1 saturated carbocycles. The van der Waals surface area contributed by atoms with E-state index in [0.717, 1.165) is 25.7 Å². The van der Waals surface area contributed by atoms with Crippen LogP contribution in [0.3, 0.4) is 0 Å². The normalized spacial score (nSPS) is 13.9. The molecule has 148 valence electrons. The fraction of sp³-hybridized carbons (Fsp3) is 0.400. The first-order valence-electron chi connectivity index (χ1n) is 9.52. The van der Waals surface area contributed by atoms with Crippen molar-refractivity contribution >= 4 is 23.3 Å². The number of nitrogens with one attached hydrogen (secondary N) is 4. The van der Waals surface area contributed by atoms with Crippen molar-refractivity contribution in [1.82, 2.24) is 15.3 Å². The SMILES string of the molecule is Cc1nc(CCNC(=O)Nc2cccc(NC(=O)C3CCCC3)c2)cc(=O)[nH]1. The van der Waals surface area contributed by atoms with E-state index in [4.69, 9.17) is 0 Å². The second-order valence-electron chi connectivity index (χ2n) is 7.00. The molecule has 0 aliphatic heterocycles. The van der Waals surface area contributed by atoms with Crippen LogP contribution < -0.4 is 21.5 Å². The Labute approximate surface area is 163 Å². The summed E-state index contributed by atoms with van der Waals surface area (Å²) < 4.78 is 0. The number of carbonyl (C=O) groups excluding carboxylic acids is 2. The molecule has 0 unspecified atom stereocenters. The van der Waals surface area contributed by atoms with Crippen LogP contribution in [0.1, 0.15) is 37.2 Å². The number of benzene rings is 1. The molecule has 1 aromatic heterocycles. The molecular weight excluding hydrogens is 358 g/mol. The van der Waals surface area contributed by atoms with E-state index < -0.39 is 0 Å². The monoisotopic (exact) mass is 383 g/mol. The predicted octanol–water partition coefficient (Wildman–Crippen LogP) is 2.57. The van der Waals surface area contributed by atoms with Gasteiger partial charge in [-0.3, -0.25) is 9.59 Å². The van der Waals surface area contributed by atoms with Gasteiger partial charge in [-0.25, -0.2) is 9.78 Å². The fourth-order valence-electron chi connectivity index (χ4n) is 3.36. The van der Waals surface area contributed by atoms with Crippen LogP contribution in [0.5, 0.6) is 0 Å². The van der Waals surface area contributed by atoms with Gasteiger partial charge in [-0.2, -0.15) is 0 Å². The van der Waals surface area contributed by atoms with E-state index in [2.05, 4.69) is 25.9 Å². The molecule has 1 aliphatic carbocycles. The summed E-state index contributed by atoms with van der Waals surface area (Å²) in [7, 11) is 0. The van der Waals surface area contributed by atoms with E-state index in [9.17, 15) is 14.4 Å². The number of hydrogen-bond donors (Lipinski definition) is 4. The lowest BCUT2D eigenvalue weighted by Crippen LogP contribution is -2.31. The van der Waals surface area contributed by atoms with Gasteiger partial charge < -0.3 is 20.9 Å². The number of nitrogens with zero attached hydrogens (tertiary/aromatic N) is 1. The number of hydrogen-bond acceptors (Lipinski definition) is 4. The van der Waals surface area contributed by atoms with Crippen LogP contribution in [0.2, 0.25) is 0 Å². The zero-order chi connectivity index (χ0) is 19.9. The second-order valence-corrected chi connectivity index (χ2v) is 7.00. The molecule has 0 saturated heterocycles. The van der Waals surface area contributed by atoms with Crippen molar-refractivity contribution in [3.05, 3.63) is 52.2 Å². The number of aromatic nitrogens is 2. The number of rotatable bonds is 6. The van der Waals surface area contributed by atoms with E-state index in [1.165, 1.54) is 6.07 Å². The molecule has 1 heterocycles. The van der Waals surface area contributed by atoms with Crippen molar-refractivity contribution in [1.29, 1.82) is 0 Å². The Morgan fingerprint density at radius 2 is 1.86 bits per heavy atom. The third-order valence-electron chi connectivity index (χ3n) is 4.69. The number of anilines is 2. The van der Waals surface area contributed by atoms with Crippen molar-refractivity contribution in [3.63, 3.8) is 0 Å². The van der Waals surface area contributed by atoms with Gasteiger partial charge in [0, 0.05) is 42.0 Å². The van der Waals surface area contributed by atoms with Gasteiger partial charge in [-0.15, -0.1) is 0 Å². The maximum absolute atomic E-state index is 12.2. The summed E-state index contributed by atoms with van der Waals surface area (Å²) in [4.78, 5) is 42.5. The van der Waals surface area contributed by atoms with Gasteiger partial charge in [0.05, 0.1) is 0 Å². The third kappa shape index (κ3) is 5.67. The Balaban J connectivity index is 1.48. The van der Waals surface area contributed by atoms with Crippen molar-refractivity contribution in [2.45, 2.75) is 39.0 Å². The number of amides is 3. The molecule has 0 atom stereocenters. The lowest BCUT2D eigenvalue weighted by atomic mass is 10.1. The highest BCUT2D eigenvalue weighted by Gasteiger charge is 2.22.